The van der Waals surface area contributed by atoms with Crippen LogP contribution in [-0.4, -0.2) is 19.0 Å². The highest BCUT2D eigenvalue weighted by Gasteiger charge is 2.13. The van der Waals surface area contributed by atoms with Crippen molar-refractivity contribution >= 4 is 17.6 Å². The molecule has 0 unspecified atom stereocenters. The molecular weight excluding hydrogens is 189 g/mol. The van der Waals surface area contributed by atoms with Crippen LogP contribution in [-0.2, 0) is 14.3 Å². The van der Waals surface area contributed by atoms with Crippen molar-refractivity contribution in [3.8, 4) is 0 Å². The third-order valence-electron chi connectivity index (χ3n) is 1.45. The van der Waals surface area contributed by atoms with Crippen molar-refractivity contribution in [3.63, 3.8) is 0 Å². The molecule has 1 N–H and O–H groups in total. The Kier molecular flexibility index (Phi) is 3.17. The fourth-order valence-corrected chi connectivity index (χ4v) is 0.841. The number of carbonyl (C=O) groups excluding carboxylic acids is 2. The van der Waals surface area contributed by atoms with Crippen LogP contribution >= 0.6 is 0 Å². The minimum absolute atomic E-state index is 0.209. The number of benzene rings is 1. The summed E-state index contributed by atoms with van der Waals surface area (Å²) in [4.78, 5) is 21.6. The summed E-state index contributed by atoms with van der Waals surface area (Å²) in [7, 11) is 1.09. The second-order valence-electron chi connectivity index (χ2n) is 2.46. The lowest BCUT2D eigenvalue weighted by Gasteiger charge is -2.02. The van der Waals surface area contributed by atoms with Gasteiger partial charge >= 0.3 is 11.9 Å². The molecule has 5 heteroatoms. The maximum absolute atomic E-state index is 12.6. The molecule has 1 rings (SSSR count). The standard InChI is InChI=1S/C9H8FNO3/c1-14-9(13)8(12)11-7-4-2-3-6(10)5-7/h2-5H,1H3,(H,11,12). The summed E-state index contributed by atoms with van der Waals surface area (Å²) in [5.41, 5.74) is 0.209. The first kappa shape index (κ1) is 10.2. The Labute approximate surface area is 79.7 Å². The lowest BCUT2D eigenvalue weighted by molar-refractivity contribution is -0.150. The molecule has 0 radical (unpaired) electrons. The van der Waals surface area contributed by atoms with Gasteiger partial charge in [-0.05, 0) is 18.2 Å². The normalized spacial score (nSPS) is 9.29. The summed E-state index contributed by atoms with van der Waals surface area (Å²) in [6, 6.07) is 5.21. The van der Waals surface area contributed by atoms with E-state index in [9.17, 15) is 14.0 Å². The largest absolute Gasteiger partial charge is 0.462 e. The lowest BCUT2D eigenvalue weighted by atomic mass is 10.3. The first-order valence-corrected chi connectivity index (χ1v) is 3.78. The average molecular weight is 197 g/mol. The number of rotatable bonds is 1. The van der Waals surface area contributed by atoms with Crippen molar-refractivity contribution in [2.75, 3.05) is 12.4 Å². The van der Waals surface area contributed by atoms with Crippen LogP contribution < -0.4 is 5.32 Å². The Bertz CT molecular complexity index is 365. The SMILES string of the molecule is COC(=O)C(=O)Nc1cccc(F)c1. The second-order valence-corrected chi connectivity index (χ2v) is 2.46. The van der Waals surface area contributed by atoms with E-state index in [-0.39, 0.29) is 5.69 Å². The van der Waals surface area contributed by atoms with Crippen molar-refractivity contribution < 1.29 is 18.7 Å². The molecule has 1 aromatic rings. The summed E-state index contributed by atoms with van der Waals surface area (Å²) in [5, 5.41) is 2.18. The van der Waals surface area contributed by atoms with Crippen LogP contribution in [0.25, 0.3) is 0 Å². The predicted molar refractivity (Wildman–Crippen MR) is 47.0 cm³/mol. The van der Waals surface area contributed by atoms with Crippen molar-refractivity contribution in [2.24, 2.45) is 0 Å². The van der Waals surface area contributed by atoms with Gasteiger partial charge in [0.15, 0.2) is 0 Å². The van der Waals surface area contributed by atoms with Gasteiger partial charge in [0.2, 0.25) is 0 Å². The van der Waals surface area contributed by atoms with Gasteiger partial charge in [-0.2, -0.15) is 0 Å². The number of hydrogen-bond donors (Lipinski definition) is 1. The molecule has 0 aromatic heterocycles. The smallest absolute Gasteiger partial charge is 0.396 e. The molecule has 1 aromatic carbocycles. The second kappa shape index (κ2) is 4.36. The van der Waals surface area contributed by atoms with Gasteiger partial charge < -0.3 is 10.1 Å². The quantitative estimate of drug-likeness (QED) is 0.538. The van der Waals surface area contributed by atoms with E-state index in [0.29, 0.717) is 0 Å². The minimum atomic E-state index is -1.02. The van der Waals surface area contributed by atoms with E-state index in [1.807, 2.05) is 0 Å². The molecule has 0 atom stereocenters. The third-order valence-corrected chi connectivity index (χ3v) is 1.45. The molecule has 0 heterocycles. The molecule has 74 valence electrons. The number of hydrogen-bond acceptors (Lipinski definition) is 3. The Morgan fingerprint density at radius 1 is 1.43 bits per heavy atom. The average Bonchev–Trinajstić information content (AvgIpc) is 2.16. The van der Waals surface area contributed by atoms with Gasteiger partial charge in [0.05, 0.1) is 7.11 Å². The van der Waals surface area contributed by atoms with Crippen molar-refractivity contribution in [3.05, 3.63) is 30.1 Å². The zero-order chi connectivity index (χ0) is 10.6. The summed E-state index contributed by atoms with van der Waals surface area (Å²) in [6.07, 6.45) is 0. The molecule has 0 bridgehead atoms. The summed E-state index contributed by atoms with van der Waals surface area (Å²) < 4.78 is 16.8. The molecule has 4 nitrogen and oxygen atoms in total. The Balaban J connectivity index is 2.70. The fourth-order valence-electron chi connectivity index (χ4n) is 0.841. The molecule has 0 fully saturated rings. The van der Waals surface area contributed by atoms with Gasteiger partial charge in [-0.15, -0.1) is 0 Å². The monoisotopic (exact) mass is 197 g/mol. The summed E-state index contributed by atoms with van der Waals surface area (Å²) >= 11 is 0. The van der Waals surface area contributed by atoms with Gasteiger partial charge in [0.25, 0.3) is 0 Å². The van der Waals surface area contributed by atoms with Crippen molar-refractivity contribution in [2.45, 2.75) is 0 Å². The number of amides is 1. The van der Waals surface area contributed by atoms with E-state index >= 15 is 0 Å². The van der Waals surface area contributed by atoms with Gasteiger partial charge in [0.1, 0.15) is 5.82 Å². The number of ether oxygens (including phenoxy) is 1. The van der Waals surface area contributed by atoms with Crippen LogP contribution in [0.4, 0.5) is 10.1 Å². The first-order valence-electron chi connectivity index (χ1n) is 3.78. The van der Waals surface area contributed by atoms with Crippen LogP contribution in [0, 0.1) is 5.82 Å². The topological polar surface area (TPSA) is 55.4 Å². The molecule has 1 amide bonds. The maximum Gasteiger partial charge on any atom is 0.396 e. The highest BCUT2D eigenvalue weighted by atomic mass is 19.1. The van der Waals surface area contributed by atoms with E-state index in [1.54, 1.807) is 0 Å². The number of esters is 1. The van der Waals surface area contributed by atoms with Gasteiger partial charge in [-0.1, -0.05) is 6.07 Å². The Hall–Kier alpha value is -1.91. The maximum atomic E-state index is 12.6. The number of anilines is 1. The first-order chi connectivity index (χ1) is 6.63. The van der Waals surface area contributed by atoms with E-state index in [1.165, 1.54) is 18.2 Å². The number of methoxy groups -OCH3 is 1. The van der Waals surface area contributed by atoms with Crippen molar-refractivity contribution in [1.82, 2.24) is 0 Å². The van der Waals surface area contributed by atoms with E-state index in [2.05, 4.69) is 10.1 Å². The van der Waals surface area contributed by atoms with Gasteiger partial charge in [0, 0.05) is 5.69 Å². The molecule has 0 aliphatic carbocycles. The highest BCUT2D eigenvalue weighted by Crippen LogP contribution is 2.08. The minimum Gasteiger partial charge on any atom is -0.462 e. The fraction of sp³-hybridized carbons (Fsp3) is 0.111. The molecule has 0 aliphatic rings. The molecule has 0 saturated heterocycles. The van der Waals surface area contributed by atoms with E-state index in [0.717, 1.165) is 13.2 Å². The van der Waals surface area contributed by atoms with Gasteiger partial charge in [-0.3, -0.25) is 4.79 Å². The van der Waals surface area contributed by atoms with E-state index < -0.39 is 17.7 Å². The van der Waals surface area contributed by atoms with Crippen LogP contribution in [0.2, 0.25) is 0 Å². The molecular formula is C9H8FNO3. The molecule has 0 spiro atoms. The molecule has 0 saturated carbocycles. The highest BCUT2D eigenvalue weighted by molar-refractivity contribution is 6.37. The zero-order valence-electron chi connectivity index (χ0n) is 7.41. The van der Waals surface area contributed by atoms with Crippen LogP contribution in [0.3, 0.4) is 0 Å². The zero-order valence-corrected chi connectivity index (χ0v) is 7.41. The summed E-state index contributed by atoms with van der Waals surface area (Å²) in [6.45, 7) is 0. The van der Waals surface area contributed by atoms with Gasteiger partial charge in [-0.25, -0.2) is 9.18 Å². The van der Waals surface area contributed by atoms with Crippen LogP contribution in [0.1, 0.15) is 0 Å². The van der Waals surface area contributed by atoms with Crippen molar-refractivity contribution in [1.29, 1.82) is 0 Å². The van der Waals surface area contributed by atoms with Crippen LogP contribution in [0.5, 0.6) is 0 Å². The number of halogens is 1. The Morgan fingerprint density at radius 3 is 2.71 bits per heavy atom. The molecule has 0 aliphatic heterocycles. The number of nitrogens with one attached hydrogen (secondary N) is 1. The van der Waals surface area contributed by atoms with E-state index in [4.69, 9.17) is 0 Å². The predicted octanol–water partition coefficient (Wildman–Crippen LogP) is 0.937. The summed E-state index contributed by atoms with van der Waals surface area (Å²) in [5.74, 6) is -2.44. The Morgan fingerprint density at radius 2 is 2.14 bits per heavy atom. The number of carbonyl (C=O) groups is 2. The lowest BCUT2D eigenvalue weighted by Crippen LogP contribution is -2.23. The third kappa shape index (κ3) is 2.55. The van der Waals surface area contributed by atoms with Crippen LogP contribution in [0.15, 0.2) is 24.3 Å². The molecule has 14 heavy (non-hydrogen) atoms.